The number of rotatable bonds is 0. The Morgan fingerprint density at radius 1 is 1.80 bits per heavy atom. The monoisotopic (exact) mass is 71.0 g/mol. The van der Waals surface area contributed by atoms with E-state index < -0.39 is 5.09 Å². The van der Waals surface area contributed by atoms with Gasteiger partial charge in [0.25, 0.3) is 0 Å². The standard InChI is InChI=1S/Li.NO3.H/c;2-1(3)4;/q+1;2*-1/p+1. The third-order valence-corrected chi connectivity index (χ3v) is 0. The van der Waals surface area contributed by atoms with Crippen LogP contribution in [0.4, 0.5) is 0 Å². The Morgan fingerprint density at radius 2 is 1.80 bits per heavy atom. The molecule has 0 unspecified atom stereocenters. The van der Waals surface area contributed by atoms with Crippen molar-refractivity contribution in [3.8, 4) is 0 Å². The van der Waals surface area contributed by atoms with E-state index in [-0.39, 0.29) is 21.7 Å². The SMILES string of the molecule is O=[N+]([O-])[O-].[H+].[H-].[Li+]. The van der Waals surface area contributed by atoms with E-state index in [0.717, 1.165) is 0 Å². The molecule has 0 bridgehead atoms. The molecule has 4 nitrogen and oxygen atoms in total. The van der Waals surface area contributed by atoms with Crippen molar-refractivity contribution in [3.63, 3.8) is 0 Å². The normalized spacial score (nSPS) is 4.80. The molecule has 0 spiro atoms. The van der Waals surface area contributed by atoms with Crippen molar-refractivity contribution in [2.24, 2.45) is 0 Å². The first-order valence-corrected chi connectivity index (χ1v) is 0.548. The maximum absolute atomic E-state index is 8.25. The van der Waals surface area contributed by atoms with Crippen LogP contribution in [0.3, 0.4) is 0 Å². The zero-order chi connectivity index (χ0) is 3.58. The van der Waals surface area contributed by atoms with Crippen LogP contribution in [0.15, 0.2) is 0 Å². The number of nitrogens with zero attached hydrogens (tertiary/aromatic N) is 1. The molecule has 0 aliphatic carbocycles. The van der Waals surface area contributed by atoms with Gasteiger partial charge in [0.2, 0.25) is 0 Å². The first-order valence-electron chi connectivity index (χ1n) is 0.548. The minimum absolute atomic E-state index is 0. The molecule has 0 saturated carbocycles. The number of hydrogen-bond acceptors (Lipinski definition) is 3. The molecule has 26 valence electrons. The molecule has 0 fully saturated rings. The van der Waals surface area contributed by atoms with Crippen LogP contribution in [0, 0.1) is 15.3 Å². The predicted octanol–water partition coefficient (Wildman–Crippen LogP) is -3.01. The summed E-state index contributed by atoms with van der Waals surface area (Å²) < 4.78 is 0. The first-order chi connectivity index (χ1) is 1.73. The zero-order valence-electron chi connectivity index (χ0n) is 4.67. The predicted molar refractivity (Wildman–Crippen MR) is 12.6 cm³/mol. The van der Waals surface area contributed by atoms with Crippen LogP contribution >= 0.6 is 0 Å². The molecule has 0 aromatic carbocycles. The smallest absolute Gasteiger partial charge is 1.00 e. The van der Waals surface area contributed by atoms with E-state index in [1.165, 1.54) is 0 Å². The molecule has 0 N–H and O–H groups in total. The summed E-state index contributed by atoms with van der Waals surface area (Å²) >= 11 is 0. The third kappa shape index (κ3) is 299. The van der Waals surface area contributed by atoms with Gasteiger partial charge in [0.15, 0.2) is 0 Å². The maximum Gasteiger partial charge on any atom is 1.00 e. The van der Waals surface area contributed by atoms with Gasteiger partial charge in [0.1, 0.15) is 0 Å². The largest absolute Gasteiger partial charge is 1.00 e. The van der Waals surface area contributed by atoms with Gasteiger partial charge in [-0.15, -0.1) is 0 Å². The van der Waals surface area contributed by atoms with E-state index in [4.69, 9.17) is 15.3 Å². The molecule has 5 heteroatoms. The Kier molecular flexibility index (Phi) is 6.71. The second kappa shape index (κ2) is 3.80. The molecule has 0 radical (unpaired) electrons. The Labute approximate surface area is 43.0 Å². The van der Waals surface area contributed by atoms with Crippen molar-refractivity contribution in [1.82, 2.24) is 0 Å². The van der Waals surface area contributed by atoms with E-state index in [2.05, 4.69) is 0 Å². The van der Waals surface area contributed by atoms with Crippen molar-refractivity contribution in [3.05, 3.63) is 15.3 Å². The summed E-state index contributed by atoms with van der Waals surface area (Å²) in [6.45, 7) is 0. The van der Waals surface area contributed by atoms with Gasteiger partial charge in [-0.1, -0.05) is 0 Å². The number of hydrogen-bond donors (Lipinski definition) is 0. The average Bonchev–Trinajstić information content (AvgIpc) is 0.811. The van der Waals surface area contributed by atoms with Crippen LogP contribution in [0.2, 0.25) is 0 Å². The molecule has 5 heavy (non-hydrogen) atoms. The van der Waals surface area contributed by atoms with E-state index in [1.54, 1.807) is 0 Å². The molecule has 0 aromatic heterocycles. The van der Waals surface area contributed by atoms with Crippen molar-refractivity contribution in [1.29, 1.82) is 0 Å². The van der Waals surface area contributed by atoms with Gasteiger partial charge in [-0.25, -0.2) is 0 Å². The van der Waals surface area contributed by atoms with E-state index in [0.29, 0.717) is 0 Å². The van der Waals surface area contributed by atoms with Gasteiger partial charge in [0, 0.05) is 0 Å². The fourth-order valence-electron chi connectivity index (χ4n) is 0. The van der Waals surface area contributed by atoms with Crippen LogP contribution in [-0.4, -0.2) is 5.09 Å². The van der Waals surface area contributed by atoms with Crippen molar-refractivity contribution in [2.75, 3.05) is 0 Å². The van der Waals surface area contributed by atoms with Gasteiger partial charge in [-0.2, -0.15) is 0 Å². The molecule has 0 aliphatic heterocycles. The molecule has 0 atom stereocenters. The van der Waals surface area contributed by atoms with Crippen LogP contribution in [0.25, 0.3) is 0 Å². The molecule has 0 aliphatic rings. The van der Waals surface area contributed by atoms with Gasteiger partial charge < -0.3 is 16.7 Å². The molecule has 0 rings (SSSR count). The summed E-state index contributed by atoms with van der Waals surface area (Å²) in [4.78, 5) is 8.25. The van der Waals surface area contributed by atoms with Crippen LogP contribution < -0.4 is 18.9 Å². The van der Waals surface area contributed by atoms with Gasteiger partial charge in [-0.3, -0.25) is 0 Å². The maximum atomic E-state index is 8.25. The minimum atomic E-state index is -1.75. The van der Waals surface area contributed by atoms with E-state index in [9.17, 15) is 0 Å². The minimum Gasteiger partial charge on any atom is -1.00 e. The molecule has 0 saturated heterocycles. The zero-order valence-corrected chi connectivity index (χ0v) is 2.67. The van der Waals surface area contributed by atoms with E-state index >= 15 is 0 Å². The second-order valence-electron chi connectivity index (χ2n) is 0.224. The van der Waals surface area contributed by atoms with E-state index in [1.807, 2.05) is 0 Å². The van der Waals surface area contributed by atoms with Crippen molar-refractivity contribution in [2.45, 2.75) is 0 Å². The second-order valence-corrected chi connectivity index (χ2v) is 0.224. The van der Waals surface area contributed by atoms with Crippen molar-refractivity contribution < 1.29 is 26.8 Å². The fraction of sp³-hybridized carbons (Fsp3) is 0. The Morgan fingerprint density at radius 3 is 1.80 bits per heavy atom. The quantitative estimate of drug-likeness (QED) is 0.173. The van der Waals surface area contributed by atoms with Crippen molar-refractivity contribution >= 4 is 0 Å². The summed E-state index contributed by atoms with van der Waals surface area (Å²) in [5.74, 6) is 0. The molecule has 0 aromatic rings. The average molecular weight is 71.0 g/mol. The summed E-state index contributed by atoms with van der Waals surface area (Å²) in [7, 11) is 0. The fourth-order valence-corrected chi connectivity index (χ4v) is 0. The first kappa shape index (κ1) is 8.84. The Balaban J connectivity index is -0.0000000150. The molecular formula is H2LiNO3. The van der Waals surface area contributed by atoms with Gasteiger partial charge >= 0.3 is 20.3 Å². The molecule has 0 heterocycles. The topological polar surface area (TPSA) is 66.2 Å². The van der Waals surface area contributed by atoms with Crippen LogP contribution in [-0.2, 0) is 0 Å². The summed E-state index contributed by atoms with van der Waals surface area (Å²) in [5, 5.41) is 14.8. The third-order valence-electron chi connectivity index (χ3n) is 0. The molecular weight excluding hydrogens is 68.9 g/mol. The Bertz CT molecular complexity index is 35.9. The van der Waals surface area contributed by atoms with Gasteiger partial charge in [-0.05, 0) is 0 Å². The van der Waals surface area contributed by atoms with Crippen LogP contribution in [0.1, 0.15) is 2.85 Å². The Hall–Kier alpha value is -0.203. The summed E-state index contributed by atoms with van der Waals surface area (Å²) in [5.41, 5.74) is 0. The van der Waals surface area contributed by atoms with Crippen LogP contribution in [0.5, 0.6) is 0 Å². The molecule has 0 amide bonds. The summed E-state index contributed by atoms with van der Waals surface area (Å²) in [6, 6.07) is 0. The summed E-state index contributed by atoms with van der Waals surface area (Å²) in [6.07, 6.45) is 0. The van der Waals surface area contributed by atoms with Gasteiger partial charge in [0.05, 0.1) is 5.09 Å².